The number of aryl methyl sites for hydroxylation is 1. The van der Waals surface area contributed by atoms with Gasteiger partial charge >= 0.3 is 0 Å². The van der Waals surface area contributed by atoms with Crippen molar-refractivity contribution in [3.8, 4) is 11.3 Å². The summed E-state index contributed by atoms with van der Waals surface area (Å²) in [7, 11) is 1.75. The Bertz CT molecular complexity index is 1370. The zero-order chi connectivity index (χ0) is 24.0. The maximum absolute atomic E-state index is 12.4. The van der Waals surface area contributed by atoms with Crippen LogP contribution in [0.15, 0.2) is 59.7 Å². The molecule has 0 saturated carbocycles. The van der Waals surface area contributed by atoms with Gasteiger partial charge in [-0.2, -0.15) is 0 Å². The third-order valence-electron chi connectivity index (χ3n) is 6.72. The standard InChI is InChI=1S/C28H32N6O/c1-34-26(35)19-25(20-13-17-29-18-14-20)33-28(34)31-16-8-2-7-15-30-27-21-9-3-5-11-23(21)32-24-12-6-4-10-22(24)27/h3,5,9,11,13-14,17-19H,2,4,6-8,10,12,15-16H2,1H3,(H,30,32)(H,31,33). The fourth-order valence-corrected chi connectivity index (χ4v) is 4.78. The number of fused-ring (bicyclic) bond motifs is 2. The molecular weight excluding hydrogens is 436 g/mol. The van der Waals surface area contributed by atoms with Gasteiger partial charge in [0.2, 0.25) is 5.95 Å². The third-order valence-corrected chi connectivity index (χ3v) is 6.72. The summed E-state index contributed by atoms with van der Waals surface area (Å²) in [4.78, 5) is 26.0. The molecule has 0 atom stereocenters. The molecule has 0 bridgehead atoms. The summed E-state index contributed by atoms with van der Waals surface area (Å²) in [6.07, 6.45) is 11.3. The Morgan fingerprint density at radius 3 is 2.54 bits per heavy atom. The van der Waals surface area contributed by atoms with E-state index in [0.717, 1.165) is 56.3 Å². The number of aromatic nitrogens is 4. The van der Waals surface area contributed by atoms with E-state index in [1.54, 1.807) is 30.1 Å². The average Bonchev–Trinajstić information content (AvgIpc) is 2.90. The van der Waals surface area contributed by atoms with E-state index in [-0.39, 0.29) is 5.56 Å². The lowest BCUT2D eigenvalue weighted by Gasteiger charge is -2.21. The van der Waals surface area contributed by atoms with E-state index in [1.165, 1.54) is 35.2 Å². The molecule has 7 heteroatoms. The van der Waals surface area contributed by atoms with Crippen molar-refractivity contribution in [2.45, 2.75) is 44.9 Å². The minimum absolute atomic E-state index is 0.0774. The molecule has 2 N–H and O–H groups in total. The average molecular weight is 469 g/mol. The molecule has 0 saturated heterocycles. The fraction of sp³-hybridized carbons (Fsp3) is 0.357. The van der Waals surface area contributed by atoms with Gasteiger partial charge in [0.05, 0.1) is 11.2 Å². The van der Waals surface area contributed by atoms with Crippen LogP contribution in [0.1, 0.15) is 43.4 Å². The maximum atomic E-state index is 12.4. The van der Waals surface area contributed by atoms with Crippen LogP contribution in [0, 0.1) is 0 Å². The maximum Gasteiger partial charge on any atom is 0.255 e. The second kappa shape index (κ2) is 10.7. The summed E-state index contributed by atoms with van der Waals surface area (Å²) >= 11 is 0. The molecule has 0 unspecified atom stereocenters. The van der Waals surface area contributed by atoms with Crippen molar-refractivity contribution in [2.75, 3.05) is 23.7 Å². The van der Waals surface area contributed by atoms with E-state index in [0.29, 0.717) is 11.6 Å². The van der Waals surface area contributed by atoms with Crippen molar-refractivity contribution in [3.63, 3.8) is 0 Å². The largest absolute Gasteiger partial charge is 0.384 e. The second-order valence-corrected chi connectivity index (χ2v) is 9.15. The van der Waals surface area contributed by atoms with Gasteiger partial charge in [-0.05, 0) is 68.7 Å². The molecule has 180 valence electrons. The van der Waals surface area contributed by atoms with Gasteiger partial charge in [-0.15, -0.1) is 0 Å². The van der Waals surface area contributed by atoms with Crippen LogP contribution in [0.2, 0.25) is 0 Å². The molecule has 0 aliphatic heterocycles. The van der Waals surface area contributed by atoms with Crippen LogP contribution in [0.5, 0.6) is 0 Å². The first-order chi connectivity index (χ1) is 17.2. The SMILES string of the molecule is Cn1c(NCCCCCNc2c3c(nc4ccccc24)CCCC3)nc(-c2ccncc2)cc1=O. The Hall–Kier alpha value is -3.74. The van der Waals surface area contributed by atoms with Gasteiger partial charge in [-0.25, -0.2) is 4.98 Å². The zero-order valence-electron chi connectivity index (χ0n) is 20.3. The summed E-state index contributed by atoms with van der Waals surface area (Å²) in [5.74, 6) is 0.595. The van der Waals surface area contributed by atoms with E-state index in [4.69, 9.17) is 4.98 Å². The quantitative estimate of drug-likeness (QED) is 0.338. The molecule has 7 nitrogen and oxygen atoms in total. The van der Waals surface area contributed by atoms with Gasteiger partial charge < -0.3 is 10.6 Å². The number of pyridine rings is 2. The van der Waals surface area contributed by atoms with Crippen LogP contribution in [0.25, 0.3) is 22.2 Å². The third kappa shape index (κ3) is 5.19. The van der Waals surface area contributed by atoms with Crippen molar-refractivity contribution in [1.29, 1.82) is 0 Å². The monoisotopic (exact) mass is 468 g/mol. The zero-order valence-corrected chi connectivity index (χ0v) is 20.3. The number of rotatable bonds is 9. The van der Waals surface area contributed by atoms with Crippen molar-refractivity contribution >= 4 is 22.5 Å². The molecule has 0 fully saturated rings. The van der Waals surface area contributed by atoms with Crippen molar-refractivity contribution < 1.29 is 0 Å². The lowest BCUT2D eigenvalue weighted by molar-refractivity contribution is 0.670. The highest BCUT2D eigenvalue weighted by Crippen LogP contribution is 2.33. The molecule has 5 rings (SSSR count). The number of nitrogens with one attached hydrogen (secondary N) is 2. The van der Waals surface area contributed by atoms with Gasteiger partial charge in [-0.3, -0.25) is 19.3 Å². The smallest absolute Gasteiger partial charge is 0.255 e. The first-order valence-corrected chi connectivity index (χ1v) is 12.6. The topological polar surface area (TPSA) is 84.7 Å². The minimum atomic E-state index is -0.0774. The van der Waals surface area contributed by atoms with Crippen LogP contribution in [0.4, 0.5) is 11.6 Å². The lowest BCUT2D eigenvalue weighted by atomic mass is 9.92. The van der Waals surface area contributed by atoms with Gasteiger partial charge in [0.15, 0.2) is 0 Å². The minimum Gasteiger partial charge on any atom is -0.384 e. The molecule has 0 amide bonds. The van der Waals surface area contributed by atoms with Crippen LogP contribution < -0.4 is 16.2 Å². The van der Waals surface area contributed by atoms with E-state index in [9.17, 15) is 4.79 Å². The molecule has 3 heterocycles. The summed E-state index contributed by atoms with van der Waals surface area (Å²) in [6.45, 7) is 1.71. The molecule has 35 heavy (non-hydrogen) atoms. The number of hydrogen-bond acceptors (Lipinski definition) is 6. The summed E-state index contributed by atoms with van der Waals surface area (Å²) in [5.41, 5.74) is 6.54. The molecule has 0 radical (unpaired) electrons. The summed E-state index contributed by atoms with van der Waals surface area (Å²) < 4.78 is 1.56. The van der Waals surface area contributed by atoms with E-state index < -0.39 is 0 Å². The van der Waals surface area contributed by atoms with Crippen molar-refractivity contribution in [1.82, 2.24) is 19.5 Å². The molecular formula is C28H32N6O. The number of benzene rings is 1. The predicted octanol–water partition coefficient (Wildman–Crippen LogP) is 4.96. The van der Waals surface area contributed by atoms with Crippen LogP contribution >= 0.6 is 0 Å². The lowest BCUT2D eigenvalue weighted by Crippen LogP contribution is -2.22. The van der Waals surface area contributed by atoms with Gasteiger partial charge in [0.1, 0.15) is 0 Å². The second-order valence-electron chi connectivity index (χ2n) is 9.15. The van der Waals surface area contributed by atoms with Crippen LogP contribution in [-0.2, 0) is 19.9 Å². The molecule has 4 aromatic rings. The Balaban J connectivity index is 1.15. The first-order valence-electron chi connectivity index (χ1n) is 12.6. The van der Waals surface area contributed by atoms with Crippen molar-refractivity contribution in [3.05, 3.63) is 76.5 Å². The molecule has 3 aromatic heterocycles. The highest BCUT2D eigenvalue weighted by molar-refractivity contribution is 5.93. The van der Waals surface area contributed by atoms with E-state index in [2.05, 4.69) is 44.9 Å². The van der Waals surface area contributed by atoms with E-state index >= 15 is 0 Å². The number of nitrogens with zero attached hydrogens (tertiary/aromatic N) is 4. The molecule has 1 aromatic carbocycles. The number of unbranched alkanes of at least 4 members (excludes halogenated alkanes) is 2. The van der Waals surface area contributed by atoms with Gasteiger partial charge in [-0.1, -0.05) is 18.2 Å². The summed E-state index contributed by atoms with van der Waals surface area (Å²) in [5, 5.41) is 8.32. The number of anilines is 2. The normalized spacial score (nSPS) is 12.9. The van der Waals surface area contributed by atoms with Crippen LogP contribution in [-0.4, -0.2) is 32.6 Å². The van der Waals surface area contributed by atoms with E-state index in [1.807, 2.05) is 12.1 Å². The number of hydrogen-bond donors (Lipinski definition) is 2. The molecule has 1 aliphatic carbocycles. The van der Waals surface area contributed by atoms with Gasteiger partial charge in [0, 0.05) is 60.9 Å². The Labute approximate surface area is 205 Å². The fourth-order valence-electron chi connectivity index (χ4n) is 4.78. The first kappa shape index (κ1) is 23.0. The Morgan fingerprint density at radius 1 is 0.914 bits per heavy atom. The van der Waals surface area contributed by atoms with Crippen molar-refractivity contribution in [2.24, 2.45) is 7.05 Å². The highest BCUT2D eigenvalue weighted by Gasteiger charge is 2.17. The summed E-state index contributed by atoms with van der Waals surface area (Å²) in [6, 6.07) is 13.8. The molecule has 0 spiro atoms. The highest BCUT2D eigenvalue weighted by atomic mass is 16.1. The van der Waals surface area contributed by atoms with Crippen LogP contribution in [0.3, 0.4) is 0 Å². The Morgan fingerprint density at radius 2 is 1.69 bits per heavy atom. The number of para-hydroxylation sites is 1. The van der Waals surface area contributed by atoms with Gasteiger partial charge in [0.25, 0.3) is 5.56 Å². The Kier molecular flexibility index (Phi) is 7.02. The predicted molar refractivity (Wildman–Crippen MR) is 142 cm³/mol. The molecule has 1 aliphatic rings.